The van der Waals surface area contributed by atoms with E-state index in [1.54, 1.807) is 24.3 Å². The van der Waals surface area contributed by atoms with Crippen LogP contribution in [0.4, 0.5) is 0 Å². The number of carbonyl (C=O) groups is 4. The molecule has 0 aromatic heterocycles. The molecular weight excluding hydrogens is 520 g/mol. The van der Waals surface area contributed by atoms with E-state index in [-0.39, 0.29) is 69.7 Å². The summed E-state index contributed by atoms with van der Waals surface area (Å²) in [5.41, 5.74) is 3.99. The minimum Gasteiger partial charge on any atom is -0.481 e. The van der Waals surface area contributed by atoms with E-state index in [2.05, 4.69) is 10.6 Å². The second kappa shape index (κ2) is 11.8. The van der Waals surface area contributed by atoms with Crippen LogP contribution in [0.25, 0.3) is 0 Å². The third-order valence-corrected chi connectivity index (χ3v) is 7.48. The molecule has 3 amide bonds. The quantitative estimate of drug-likeness (QED) is 0.214. The number of likely N-dealkylation sites (tertiary alicyclic amines) is 1. The molecule has 0 saturated carbocycles. The van der Waals surface area contributed by atoms with E-state index in [0.717, 1.165) is 11.1 Å². The molecule has 3 heterocycles. The van der Waals surface area contributed by atoms with Crippen LogP contribution in [0.2, 0.25) is 0 Å². The molecule has 3 aliphatic heterocycles. The van der Waals surface area contributed by atoms with Crippen molar-refractivity contribution in [2.75, 3.05) is 13.1 Å². The maximum Gasteiger partial charge on any atom is 0.492 e. The number of nitrogens with zero attached hydrogens (tertiary/aromatic N) is 1. The number of aliphatic carboxylic acids is 1. The lowest BCUT2D eigenvalue weighted by Crippen LogP contribution is -2.52. The first-order chi connectivity index (χ1) is 19.2. The van der Waals surface area contributed by atoms with Crippen LogP contribution in [0.15, 0.2) is 36.4 Å². The number of benzene rings is 2. The third-order valence-electron chi connectivity index (χ3n) is 7.48. The monoisotopic (exact) mass is 549 g/mol. The van der Waals surface area contributed by atoms with E-state index >= 15 is 0 Å². The number of nitrogens with one attached hydrogen (secondary N) is 2. The molecule has 208 valence electrons. The first-order valence-corrected chi connectivity index (χ1v) is 13.1. The van der Waals surface area contributed by atoms with Gasteiger partial charge in [-0.1, -0.05) is 36.4 Å². The molecule has 40 heavy (non-hydrogen) atoms. The molecule has 14 heteroatoms. The predicted molar refractivity (Wildman–Crippen MR) is 142 cm³/mol. The summed E-state index contributed by atoms with van der Waals surface area (Å²) >= 11 is 0. The lowest BCUT2D eigenvalue weighted by atomic mass is 9.75. The van der Waals surface area contributed by atoms with Gasteiger partial charge in [0.1, 0.15) is 0 Å². The molecule has 1 fully saturated rings. The zero-order chi connectivity index (χ0) is 28.4. The molecule has 12 nitrogen and oxygen atoms in total. The van der Waals surface area contributed by atoms with Gasteiger partial charge in [-0.3, -0.25) is 19.2 Å². The fraction of sp³-hybridized carbons (Fsp3) is 0.385. The van der Waals surface area contributed by atoms with Gasteiger partial charge in [-0.2, -0.15) is 0 Å². The SMILES string of the molecule is O=C(O)CCC(=O)N1CC(NC(=O)Cc2cccc3c2B(O)OC3)C(NC(=O)Cc2cccc3c2B(O)OC3)C1. The van der Waals surface area contributed by atoms with Crippen LogP contribution < -0.4 is 21.6 Å². The molecule has 2 aromatic carbocycles. The van der Waals surface area contributed by atoms with Crippen molar-refractivity contribution in [3.63, 3.8) is 0 Å². The number of carboxylic acids is 1. The van der Waals surface area contributed by atoms with Gasteiger partial charge in [0.2, 0.25) is 17.7 Å². The van der Waals surface area contributed by atoms with Crippen LogP contribution in [0.3, 0.4) is 0 Å². The van der Waals surface area contributed by atoms with Gasteiger partial charge < -0.3 is 40.0 Å². The summed E-state index contributed by atoms with van der Waals surface area (Å²) in [6.07, 6.45) is -0.599. The summed E-state index contributed by atoms with van der Waals surface area (Å²) in [6.45, 7) is 0.704. The molecule has 0 aliphatic carbocycles. The zero-order valence-electron chi connectivity index (χ0n) is 21.7. The van der Waals surface area contributed by atoms with Gasteiger partial charge in [-0.25, -0.2) is 0 Å². The number of hydrogen-bond donors (Lipinski definition) is 5. The van der Waals surface area contributed by atoms with Gasteiger partial charge in [0.25, 0.3) is 0 Å². The third kappa shape index (κ3) is 6.04. The van der Waals surface area contributed by atoms with Crippen molar-refractivity contribution in [3.8, 4) is 0 Å². The predicted octanol–water partition coefficient (Wildman–Crippen LogP) is -2.42. The van der Waals surface area contributed by atoms with Crippen molar-refractivity contribution >= 4 is 48.9 Å². The lowest BCUT2D eigenvalue weighted by molar-refractivity contribution is -0.140. The lowest BCUT2D eigenvalue weighted by Gasteiger charge is -2.21. The first-order valence-electron chi connectivity index (χ1n) is 13.1. The molecule has 1 saturated heterocycles. The Hall–Kier alpha value is -3.71. The Bertz CT molecular complexity index is 1250. The van der Waals surface area contributed by atoms with Crippen LogP contribution in [-0.2, 0) is 54.5 Å². The summed E-state index contributed by atoms with van der Waals surface area (Å²) in [5, 5.41) is 35.1. The van der Waals surface area contributed by atoms with Crippen molar-refractivity contribution in [1.29, 1.82) is 0 Å². The van der Waals surface area contributed by atoms with Gasteiger partial charge in [0.05, 0.1) is 44.6 Å². The standard InChI is InChI=1S/C26H29B2N3O9/c32-21(9-15-3-1-5-17-13-39-27(37)25(15)17)29-19-11-31(23(34)7-8-24(35)36)12-20(19)30-22(33)10-16-4-2-6-18-14-40-28(38)26(16)18/h1-6,19-20,37-38H,7-14H2,(H,29,32)(H,30,33)(H,35,36). The molecule has 0 spiro atoms. The molecule has 5 N–H and O–H groups in total. The summed E-state index contributed by atoms with van der Waals surface area (Å²) in [6, 6.07) is 9.44. The summed E-state index contributed by atoms with van der Waals surface area (Å²) < 4.78 is 10.5. The fourth-order valence-corrected chi connectivity index (χ4v) is 5.56. The average molecular weight is 549 g/mol. The number of hydrogen-bond acceptors (Lipinski definition) is 8. The highest BCUT2D eigenvalue weighted by Crippen LogP contribution is 2.17. The maximum atomic E-state index is 13.1. The van der Waals surface area contributed by atoms with Crippen LogP contribution >= 0.6 is 0 Å². The van der Waals surface area contributed by atoms with Crippen LogP contribution in [0, 0.1) is 0 Å². The number of fused-ring (bicyclic) bond motifs is 2. The molecule has 2 aromatic rings. The van der Waals surface area contributed by atoms with Crippen molar-refractivity contribution in [2.24, 2.45) is 0 Å². The number of amides is 3. The Morgan fingerprint density at radius 3 is 1.73 bits per heavy atom. The van der Waals surface area contributed by atoms with E-state index in [1.807, 2.05) is 12.1 Å². The average Bonchev–Trinajstić information content (AvgIpc) is 3.61. The number of rotatable bonds is 9. The normalized spacial score (nSPS) is 19.4. The molecule has 5 rings (SSSR count). The van der Waals surface area contributed by atoms with Crippen molar-refractivity contribution in [3.05, 3.63) is 58.7 Å². The topological polar surface area (TPSA) is 175 Å². The highest BCUT2D eigenvalue weighted by Gasteiger charge is 2.38. The van der Waals surface area contributed by atoms with Crippen LogP contribution in [-0.4, -0.2) is 83.2 Å². The van der Waals surface area contributed by atoms with E-state index in [1.165, 1.54) is 4.90 Å². The van der Waals surface area contributed by atoms with Gasteiger partial charge in [0, 0.05) is 19.5 Å². The van der Waals surface area contributed by atoms with Crippen molar-refractivity contribution in [1.82, 2.24) is 15.5 Å². The van der Waals surface area contributed by atoms with Crippen molar-refractivity contribution in [2.45, 2.75) is 51.0 Å². The Morgan fingerprint density at radius 1 is 0.800 bits per heavy atom. The zero-order valence-corrected chi connectivity index (χ0v) is 21.7. The molecule has 0 radical (unpaired) electrons. The van der Waals surface area contributed by atoms with E-state index in [0.29, 0.717) is 22.1 Å². The highest BCUT2D eigenvalue weighted by atomic mass is 16.5. The summed E-state index contributed by atoms with van der Waals surface area (Å²) in [5.74, 6) is -2.21. The smallest absolute Gasteiger partial charge is 0.481 e. The van der Waals surface area contributed by atoms with Gasteiger partial charge in [-0.15, -0.1) is 0 Å². The van der Waals surface area contributed by atoms with Crippen LogP contribution in [0.1, 0.15) is 35.1 Å². The summed E-state index contributed by atoms with van der Waals surface area (Å²) in [7, 11) is -2.22. The Morgan fingerprint density at radius 2 is 1.27 bits per heavy atom. The fourth-order valence-electron chi connectivity index (χ4n) is 5.56. The minimum absolute atomic E-state index is 0.0399. The van der Waals surface area contributed by atoms with E-state index in [9.17, 15) is 29.2 Å². The second-order valence-corrected chi connectivity index (χ2v) is 10.2. The minimum atomic E-state index is -1.11. The Labute approximate surface area is 230 Å². The summed E-state index contributed by atoms with van der Waals surface area (Å²) in [4.78, 5) is 51.2. The Kier molecular flexibility index (Phi) is 8.22. The highest BCUT2D eigenvalue weighted by molar-refractivity contribution is 6.62. The van der Waals surface area contributed by atoms with Crippen LogP contribution in [0.5, 0.6) is 0 Å². The molecule has 2 atom stereocenters. The largest absolute Gasteiger partial charge is 0.492 e. The molecule has 2 unspecified atom stereocenters. The van der Waals surface area contributed by atoms with Gasteiger partial charge in [0.15, 0.2) is 0 Å². The molecule has 0 bridgehead atoms. The van der Waals surface area contributed by atoms with E-state index in [4.69, 9.17) is 14.4 Å². The maximum absolute atomic E-state index is 13.1. The Balaban J connectivity index is 1.28. The first kappa shape index (κ1) is 27.8. The number of carbonyl (C=O) groups excluding carboxylic acids is 3. The molecule has 3 aliphatic rings. The number of carboxylic acid groups (broad SMARTS) is 1. The van der Waals surface area contributed by atoms with E-state index < -0.39 is 32.3 Å². The van der Waals surface area contributed by atoms with Gasteiger partial charge in [-0.05, 0) is 33.2 Å². The molecular formula is C26H29B2N3O9. The van der Waals surface area contributed by atoms with Gasteiger partial charge >= 0.3 is 20.2 Å². The second-order valence-electron chi connectivity index (χ2n) is 10.2. The van der Waals surface area contributed by atoms with Crippen molar-refractivity contribution < 1.29 is 43.6 Å².